The summed E-state index contributed by atoms with van der Waals surface area (Å²) in [5, 5.41) is 12.8. The minimum absolute atomic E-state index is 0.327. The number of aliphatic carboxylic acids is 1. The van der Waals surface area contributed by atoms with E-state index in [0.29, 0.717) is 31.1 Å². The maximum absolute atomic E-state index is 11.0. The number of benzene rings is 1. The average molecular weight is 275 g/mol. The fourth-order valence-corrected chi connectivity index (χ4v) is 1.84. The number of hydrogen-bond acceptors (Lipinski definition) is 4. The van der Waals surface area contributed by atoms with Gasteiger partial charge in [0.15, 0.2) is 0 Å². The molecule has 0 radical (unpaired) electrons. The number of hydrogen-bond donors (Lipinski definition) is 1. The van der Waals surface area contributed by atoms with Gasteiger partial charge in [-0.1, -0.05) is 37.3 Å². The summed E-state index contributed by atoms with van der Waals surface area (Å²) in [7, 11) is 0. The van der Waals surface area contributed by atoms with E-state index in [9.17, 15) is 4.79 Å². The molecule has 106 valence electrons. The summed E-state index contributed by atoms with van der Waals surface area (Å²) in [6, 6.07) is 11.4. The van der Waals surface area contributed by atoms with Crippen molar-refractivity contribution in [2.75, 3.05) is 0 Å². The normalized spacial score (nSPS) is 12.1. The summed E-state index contributed by atoms with van der Waals surface area (Å²) in [4.78, 5) is 11.0. The molecular formula is C15H17NO4. The fourth-order valence-electron chi connectivity index (χ4n) is 1.84. The highest BCUT2D eigenvalue weighted by atomic mass is 16.5. The maximum atomic E-state index is 11.0. The molecule has 0 spiro atoms. The molecule has 0 aliphatic carbocycles. The van der Waals surface area contributed by atoms with E-state index in [4.69, 9.17) is 14.4 Å². The topological polar surface area (TPSA) is 72.6 Å². The number of rotatable bonds is 7. The van der Waals surface area contributed by atoms with Crippen molar-refractivity contribution in [1.82, 2.24) is 5.16 Å². The summed E-state index contributed by atoms with van der Waals surface area (Å²) in [6.07, 6.45) is 0.879. The zero-order valence-corrected chi connectivity index (χ0v) is 11.3. The van der Waals surface area contributed by atoms with Crippen LogP contribution in [0.25, 0.3) is 0 Å². The third-order valence-corrected chi connectivity index (χ3v) is 3.06. The van der Waals surface area contributed by atoms with Gasteiger partial charge in [-0.25, -0.2) is 0 Å². The monoisotopic (exact) mass is 275 g/mol. The molecule has 5 nitrogen and oxygen atoms in total. The summed E-state index contributed by atoms with van der Waals surface area (Å²) < 4.78 is 10.6. The average Bonchev–Trinajstić information content (AvgIpc) is 2.91. The molecule has 0 aliphatic heterocycles. The standard InChI is InChI=1S/C15H17NO4/c1-2-12(15(17)18)8-13-9-14(16-20-13)19-10-11-6-4-3-5-7-11/h3-7,9,12H,2,8,10H2,1H3,(H,17,18). The Kier molecular flexibility index (Phi) is 4.76. The number of nitrogens with zero attached hydrogens (tertiary/aromatic N) is 1. The number of carboxylic acids is 1. The van der Waals surface area contributed by atoms with E-state index in [1.807, 2.05) is 37.3 Å². The molecule has 2 aromatic rings. The van der Waals surface area contributed by atoms with Gasteiger partial charge in [-0.2, -0.15) is 0 Å². The predicted octanol–water partition coefficient (Wildman–Crippen LogP) is 2.91. The lowest BCUT2D eigenvalue weighted by Crippen LogP contribution is -2.14. The highest BCUT2D eigenvalue weighted by Crippen LogP contribution is 2.18. The molecule has 0 aliphatic rings. The Morgan fingerprint density at radius 2 is 2.15 bits per heavy atom. The summed E-state index contributed by atoms with van der Waals surface area (Å²) in [6.45, 7) is 2.24. The van der Waals surface area contributed by atoms with Gasteiger partial charge in [0.05, 0.1) is 5.92 Å². The van der Waals surface area contributed by atoms with Crippen molar-refractivity contribution in [2.45, 2.75) is 26.4 Å². The number of ether oxygens (including phenoxy) is 1. The Labute approximate surface area is 117 Å². The molecule has 0 fully saturated rings. The fraction of sp³-hybridized carbons (Fsp3) is 0.333. The van der Waals surface area contributed by atoms with Crippen LogP contribution in [0, 0.1) is 5.92 Å². The molecule has 20 heavy (non-hydrogen) atoms. The molecule has 1 unspecified atom stereocenters. The zero-order chi connectivity index (χ0) is 14.4. The Hall–Kier alpha value is -2.30. The van der Waals surface area contributed by atoms with Gasteiger partial charge in [0.1, 0.15) is 12.4 Å². The molecule has 0 saturated heterocycles. The first-order valence-corrected chi connectivity index (χ1v) is 6.54. The highest BCUT2D eigenvalue weighted by molar-refractivity contribution is 5.70. The van der Waals surface area contributed by atoms with Gasteiger partial charge in [-0.05, 0) is 17.1 Å². The van der Waals surface area contributed by atoms with E-state index in [1.54, 1.807) is 6.07 Å². The van der Waals surface area contributed by atoms with Crippen LogP contribution in [-0.4, -0.2) is 16.2 Å². The van der Waals surface area contributed by atoms with Gasteiger partial charge in [-0.15, -0.1) is 0 Å². The van der Waals surface area contributed by atoms with Crippen LogP contribution in [0.3, 0.4) is 0 Å². The lowest BCUT2D eigenvalue weighted by atomic mass is 10.0. The van der Waals surface area contributed by atoms with Crippen molar-refractivity contribution in [3.8, 4) is 5.88 Å². The molecule has 1 atom stereocenters. The lowest BCUT2D eigenvalue weighted by molar-refractivity contribution is -0.141. The Morgan fingerprint density at radius 1 is 1.40 bits per heavy atom. The Bertz CT molecular complexity index is 550. The van der Waals surface area contributed by atoms with Gasteiger partial charge >= 0.3 is 5.97 Å². The van der Waals surface area contributed by atoms with Crippen molar-refractivity contribution in [1.29, 1.82) is 0 Å². The van der Waals surface area contributed by atoms with E-state index >= 15 is 0 Å². The quantitative estimate of drug-likeness (QED) is 0.841. The second-order valence-electron chi connectivity index (χ2n) is 4.55. The summed E-state index contributed by atoms with van der Waals surface area (Å²) in [5.41, 5.74) is 1.04. The third-order valence-electron chi connectivity index (χ3n) is 3.06. The van der Waals surface area contributed by atoms with E-state index < -0.39 is 11.9 Å². The third kappa shape index (κ3) is 3.85. The van der Waals surface area contributed by atoms with E-state index in [1.165, 1.54) is 0 Å². The molecule has 0 saturated carbocycles. The Morgan fingerprint density at radius 3 is 2.80 bits per heavy atom. The number of carbonyl (C=O) groups is 1. The smallest absolute Gasteiger partial charge is 0.306 e. The molecule has 1 aromatic carbocycles. The van der Waals surface area contributed by atoms with Gasteiger partial charge in [-0.3, -0.25) is 4.79 Å². The van der Waals surface area contributed by atoms with E-state index in [2.05, 4.69) is 5.16 Å². The van der Waals surface area contributed by atoms with Crippen LogP contribution in [0.4, 0.5) is 0 Å². The van der Waals surface area contributed by atoms with Crippen molar-refractivity contribution in [3.05, 3.63) is 47.7 Å². The lowest BCUT2D eigenvalue weighted by Gasteiger charge is -2.05. The summed E-state index contributed by atoms with van der Waals surface area (Å²) in [5.74, 6) is -0.369. The van der Waals surface area contributed by atoms with Crippen LogP contribution < -0.4 is 4.74 Å². The van der Waals surface area contributed by atoms with Gasteiger partial charge in [0, 0.05) is 12.5 Å². The van der Waals surface area contributed by atoms with Gasteiger partial charge < -0.3 is 14.4 Å². The number of aromatic nitrogens is 1. The first-order valence-electron chi connectivity index (χ1n) is 6.54. The largest absolute Gasteiger partial charge is 0.481 e. The van der Waals surface area contributed by atoms with Gasteiger partial charge in [0.2, 0.25) is 0 Å². The van der Waals surface area contributed by atoms with Crippen molar-refractivity contribution < 1.29 is 19.2 Å². The summed E-state index contributed by atoms with van der Waals surface area (Å²) >= 11 is 0. The molecule has 1 aromatic heterocycles. The van der Waals surface area contributed by atoms with Gasteiger partial charge in [0.25, 0.3) is 5.88 Å². The van der Waals surface area contributed by atoms with Crippen LogP contribution in [0.15, 0.2) is 40.9 Å². The molecule has 0 bridgehead atoms. The second kappa shape index (κ2) is 6.75. The molecule has 0 amide bonds. The molecular weight excluding hydrogens is 258 g/mol. The second-order valence-corrected chi connectivity index (χ2v) is 4.55. The Balaban J connectivity index is 1.90. The van der Waals surface area contributed by atoms with Crippen molar-refractivity contribution in [3.63, 3.8) is 0 Å². The van der Waals surface area contributed by atoms with Crippen molar-refractivity contribution >= 4 is 5.97 Å². The molecule has 2 rings (SSSR count). The van der Waals surface area contributed by atoms with Crippen molar-refractivity contribution in [2.24, 2.45) is 5.92 Å². The molecule has 5 heteroatoms. The van der Waals surface area contributed by atoms with E-state index in [0.717, 1.165) is 5.56 Å². The maximum Gasteiger partial charge on any atom is 0.306 e. The van der Waals surface area contributed by atoms with Crippen LogP contribution in [0.1, 0.15) is 24.7 Å². The van der Waals surface area contributed by atoms with Crippen LogP contribution >= 0.6 is 0 Å². The van der Waals surface area contributed by atoms with Crippen LogP contribution in [0.2, 0.25) is 0 Å². The molecule has 1 heterocycles. The zero-order valence-electron chi connectivity index (χ0n) is 11.3. The number of carboxylic acid groups (broad SMARTS) is 1. The first kappa shape index (κ1) is 14.1. The van der Waals surface area contributed by atoms with Crippen LogP contribution in [0.5, 0.6) is 5.88 Å². The highest BCUT2D eigenvalue weighted by Gasteiger charge is 2.18. The van der Waals surface area contributed by atoms with E-state index in [-0.39, 0.29) is 0 Å². The SMILES string of the molecule is CCC(Cc1cc(OCc2ccccc2)no1)C(=O)O. The molecule has 1 N–H and O–H groups in total. The van der Waals surface area contributed by atoms with Crippen LogP contribution in [-0.2, 0) is 17.8 Å². The first-order chi connectivity index (χ1) is 9.69. The predicted molar refractivity (Wildman–Crippen MR) is 72.4 cm³/mol. The minimum atomic E-state index is -0.823. The minimum Gasteiger partial charge on any atom is -0.481 e.